The number of carbonyl (C=O) groups excluding carboxylic acids is 1. The largest absolute Gasteiger partial charge is 0.481 e. The van der Waals surface area contributed by atoms with Crippen LogP contribution in [0, 0.1) is 12.8 Å². The van der Waals surface area contributed by atoms with Crippen LogP contribution in [0.4, 0.5) is 0 Å². The number of likely N-dealkylation sites (tertiary alicyclic amines) is 1. The van der Waals surface area contributed by atoms with Crippen molar-refractivity contribution in [1.29, 1.82) is 0 Å². The molecule has 1 aliphatic heterocycles. The van der Waals surface area contributed by atoms with E-state index in [0.717, 1.165) is 30.8 Å². The number of carbonyl (C=O) groups is 1. The van der Waals surface area contributed by atoms with Crippen molar-refractivity contribution in [2.75, 3.05) is 13.1 Å². The molecule has 2 atom stereocenters. The fourth-order valence-corrected chi connectivity index (χ4v) is 2.58. The molecule has 0 N–H and O–H groups in total. The van der Waals surface area contributed by atoms with Gasteiger partial charge in [0.15, 0.2) is 6.10 Å². The summed E-state index contributed by atoms with van der Waals surface area (Å²) in [5.74, 6) is 1.51. The molecule has 3 nitrogen and oxygen atoms in total. The van der Waals surface area contributed by atoms with E-state index in [-0.39, 0.29) is 5.91 Å². The van der Waals surface area contributed by atoms with Gasteiger partial charge in [-0.25, -0.2) is 0 Å². The van der Waals surface area contributed by atoms with Gasteiger partial charge in [-0.2, -0.15) is 0 Å². The zero-order chi connectivity index (χ0) is 13.8. The number of amides is 1. The molecule has 104 valence electrons. The average Bonchev–Trinajstić information content (AvgIpc) is 2.40. The first kappa shape index (κ1) is 13.9. The summed E-state index contributed by atoms with van der Waals surface area (Å²) in [5, 5.41) is 0. The van der Waals surface area contributed by atoms with Crippen molar-refractivity contribution in [1.82, 2.24) is 4.90 Å². The predicted octanol–water partition coefficient (Wildman–Crippen LogP) is 3.02. The SMILES string of the molecule is Cc1ccccc1O[C@H](C)C(=O)N1CCC[C@@H](C)C1. The summed E-state index contributed by atoms with van der Waals surface area (Å²) >= 11 is 0. The maximum Gasteiger partial charge on any atom is 0.263 e. The molecule has 1 heterocycles. The van der Waals surface area contributed by atoms with Crippen LogP contribution in [0.25, 0.3) is 0 Å². The van der Waals surface area contributed by atoms with Crippen LogP contribution in [-0.4, -0.2) is 30.0 Å². The zero-order valence-corrected chi connectivity index (χ0v) is 12.1. The van der Waals surface area contributed by atoms with E-state index < -0.39 is 6.10 Å². The van der Waals surface area contributed by atoms with Gasteiger partial charge in [0.25, 0.3) is 5.91 Å². The third kappa shape index (κ3) is 3.49. The number of ether oxygens (including phenoxy) is 1. The number of rotatable bonds is 3. The highest BCUT2D eigenvalue weighted by Crippen LogP contribution is 2.20. The van der Waals surface area contributed by atoms with E-state index in [1.54, 1.807) is 0 Å². The number of hydrogen-bond acceptors (Lipinski definition) is 2. The summed E-state index contributed by atoms with van der Waals surface area (Å²) in [6.07, 6.45) is 1.91. The van der Waals surface area contributed by atoms with Crippen LogP contribution in [0.5, 0.6) is 5.75 Å². The fraction of sp³-hybridized carbons (Fsp3) is 0.562. The van der Waals surface area contributed by atoms with Crippen molar-refractivity contribution in [3.63, 3.8) is 0 Å². The lowest BCUT2D eigenvalue weighted by molar-refractivity contribution is -0.139. The van der Waals surface area contributed by atoms with Gasteiger partial charge in [-0.3, -0.25) is 4.79 Å². The molecule has 1 saturated heterocycles. The van der Waals surface area contributed by atoms with Crippen LogP contribution < -0.4 is 4.74 Å². The minimum Gasteiger partial charge on any atom is -0.481 e. The monoisotopic (exact) mass is 261 g/mol. The Morgan fingerprint density at radius 1 is 1.42 bits per heavy atom. The van der Waals surface area contributed by atoms with Crippen molar-refractivity contribution in [2.45, 2.75) is 39.7 Å². The fourth-order valence-electron chi connectivity index (χ4n) is 2.58. The Balaban J connectivity index is 1.97. The van der Waals surface area contributed by atoms with E-state index in [1.165, 1.54) is 6.42 Å². The lowest BCUT2D eigenvalue weighted by Gasteiger charge is -2.32. The van der Waals surface area contributed by atoms with Crippen molar-refractivity contribution in [3.05, 3.63) is 29.8 Å². The Morgan fingerprint density at radius 3 is 2.84 bits per heavy atom. The second-order valence-electron chi connectivity index (χ2n) is 5.56. The quantitative estimate of drug-likeness (QED) is 0.837. The summed E-state index contributed by atoms with van der Waals surface area (Å²) < 4.78 is 5.80. The van der Waals surface area contributed by atoms with Gasteiger partial charge in [-0.05, 0) is 44.2 Å². The van der Waals surface area contributed by atoms with Crippen molar-refractivity contribution in [2.24, 2.45) is 5.92 Å². The highest BCUT2D eigenvalue weighted by Gasteiger charge is 2.26. The molecule has 2 rings (SSSR count). The van der Waals surface area contributed by atoms with Gasteiger partial charge >= 0.3 is 0 Å². The normalized spacial score (nSPS) is 21.0. The number of piperidine rings is 1. The Bertz CT molecular complexity index is 444. The number of aryl methyl sites for hydroxylation is 1. The maximum atomic E-state index is 12.4. The molecule has 1 aromatic carbocycles. The molecule has 1 aliphatic rings. The Morgan fingerprint density at radius 2 is 2.16 bits per heavy atom. The zero-order valence-electron chi connectivity index (χ0n) is 12.1. The van der Waals surface area contributed by atoms with Gasteiger partial charge in [0.2, 0.25) is 0 Å². The molecule has 1 amide bonds. The van der Waals surface area contributed by atoms with Crippen LogP contribution in [0.1, 0.15) is 32.3 Å². The summed E-state index contributed by atoms with van der Waals surface area (Å²) in [7, 11) is 0. The Labute approximate surface area is 115 Å². The maximum absolute atomic E-state index is 12.4. The van der Waals surface area contributed by atoms with Gasteiger partial charge < -0.3 is 9.64 Å². The molecular formula is C16H23NO2. The standard InChI is InChI=1S/C16H23NO2/c1-12-7-6-10-17(11-12)16(18)14(3)19-15-9-5-4-8-13(15)2/h4-5,8-9,12,14H,6-7,10-11H2,1-3H3/t12-,14-/m1/s1. The molecule has 0 bridgehead atoms. The first-order chi connectivity index (χ1) is 9.08. The molecule has 0 saturated carbocycles. The summed E-state index contributed by atoms with van der Waals surface area (Å²) in [6, 6.07) is 7.82. The van der Waals surface area contributed by atoms with E-state index >= 15 is 0 Å². The van der Waals surface area contributed by atoms with E-state index in [1.807, 2.05) is 43.0 Å². The second kappa shape index (κ2) is 6.09. The molecule has 19 heavy (non-hydrogen) atoms. The van der Waals surface area contributed by atoms with E-state index in [0.29, 0.717) is 5.92 Å². The van der Waals surface area contributed by atoms with Crippen LogP contribution in [0.3, 0.4) is 0 Å². The number of benzene rings is 1. The molecule has 1 aromatic rings. The second-order valence-corrected chi connectivity index (χ2v) is 5.56. The first-order valence-corrected chi connectivity index (χ1v) is 7.09. The van der Waals surface area contributed by atoms with Crippen LogP contribution in [0.2, 0.25) is 0 Å². The summed E-state index contributed by atoms with van der Waals surface area (Å²) in [4.78, 5) is 14.3. The molecule has 1 fully saturated rings. The molecule has 0 spiro atoms. The third-order valence-electron chi connectivity index (χ3n) is 3.71. The number of hydrogen-bond donors (Lipinski definition) is 0. The lowest BCUT2D eigenvalue weighted by atomic mass is 10.00. The van der Waals surface area contributed by atoms with Crippen LogP contribution in [0.15, 0.2) is 24.3 Å². The molecule has 0 radical (unpaired) electrons. The van der Waals surface area contributed by atoms with Crippen LogP contribution in [-0.2, 0) is 4.79 Å². The summed E-state index contributed by atoms with van der Waals surface area (Å²) in [5.41, 5.74) is 1.06. The third-order valence-corrected chi connectivity index (χ3v) is 3.71. The van der Waals surface area contributed by atoms with Crippen LogP contribution >= 0.6 is 0 Å². The van der Waals surface area contributed by atoms with Gasteiger partial charge in [-0.1, -0.05) is 25.1 Å². The molecule has 0 aromatic heterocycles. The molecule has 3 heteroatoms. The van der Waals surface area contributed by atoms with Crippen molar-refractivity contribution < 1.29 is 9.53 Å². The molecule has 0 unspecified atom stereocenters. The minimum absolute atomic E-state index is 0.106. The van der Waals surface area contributed by atoms with E-state index in [2.05, 4.69) is 6.92 Å². The lowest BCUT2D eigenvalue weighted by Crippen LogP contribution is -2.45. The summed E-state index contributed by atoms with van der Waals surface area (Å²) in [6.45, 7) is 7.76. The van der Waals surface area contributed by atoms with Gasteiger partial charge in [0, 0.05) is 13.1 Å². The van der Waals surface area contributed by atoms with E-state index in [9.17, 15) is 4.79 Å². The molecular weight excluding hydrogens is 238 g/mol. The first-order valence-electron chi connectivity index (χ1n) is 7.09. The topological polar surface area (TPSA) is 29.5 Å². The van der Waals surface area contributed by atoms with Gasteiger partial charge in [-0.15, -0.1) is 0 Å². The Hall–Kier alpha value is -1.51. The molecule has 0 aliphatic carbocycles. The average molecular weight is 261 g/mol. The van der Waals surface area contributed by atoms with Gasteiger partial charge in [0.05, 0.1) is 0 Å². The highest BCUT2D eigenvalue weighted by atomic mass is 16.5. The van der Waals surface area contributed by atoms with Gasteiger partial charge in [0.1, 0.15) is 5.75 Å². The van der Waals surface area contributed by atoms with Crippen molar-refractivity contribution in [3.8, 4) is 5.75 Å². The number of para-hydroxylation sites is 1. The predicted molar refractivity (Wildman–Crippen MR) is 76.2 cm³/mol. The Kier molecular flexibility index (Phi) is 4.46. The highest BCUT2D eigenvalue weighted by molar-refractivity contribution is 5.81. The number of nitrogens with zero attached hydrogens (tertiary/aromatic N) is 1. The minimum atomic E-state index is -0.411. The smallest absolute Gasteiger partial charge is 0.263 e. The van der Waals surface area contributed by atoms with Crippen molar-refractivity contribution >= 4 is 5.91 Å². The van der Waals surface area contributed by atoms with E-state index in [4.69, 9.17) is 4.74 Å².